The Morgan fingerprint density at radius 3 is 2.88 bits per heavy atom. The Hall–Kier alpha value is -0.550. The Labute approximate surface area is 104 Å². The number of carboxylic acids is 1. The molecule has 3 nitrogen and oxygen atoms in total. The molecule has 90 valence electrons. The van der Waals surface area contributed by atoms with Crippen LogP contribution in [0.15, 0.2) is 5.38 Å². The number of aryl methyl sites for hydroxylation is 1. The summed E-state index contributed by atoms with van der Waals surface area (Å²) in [7, 11) is 0. The first-order valence-electron chi connectivity index (χ1n) is 5.26. The van der Waals surface area contributed by atoms with Crippen LogP contribution in [-0.4, -0.2) is 20.8 Å². The van der Waals surface area contributed by atoms with Crippen molar-refractivity contribution in [1.82, 2.24) is 4.98 Å². The van der Waals surface area contributed by atoms with Crippen LogP contribution in [0.4, 0.5) is 0 Å². The van der Waals surface area contributed by atoms with E-state index in [1.54, 1.807) is 25.2 Å². The molecule has 0 bridgehead atoms. The minimum absolute atomic E-state index is 0.666. The van der Waals surface area contributed by atoms with Gasteiger partial charge in [-0.2, -0.15) is 0 Å². The van der Waals surface area contributed by atoms with E-state index in [0.717, 1.165) is 23.5 Å². The van der Waals surface area contributed by atoms with Crippen LogP contribution < -0.4 is 0 Å². The van der Waals surface area contributed by atoms with E-state index in [1.807, 2.05) is 5.38 Å². The number of thioether (sulfide) groups is 1. The van der Waals surface area contributed by atoms with Crippen molar-refractivity contribution in [2.45, 2.75) is 44.1 Å². The monoisotopic (exact) mass is 259 g/mol. The van der Waals surface area contributed by atoms with Crippen LogP contribution in [0.5, 0.6) is 0 Å². The van der Waals surface area contributed by atoms with E-state index in [1.165, 1.54) is 11.8 Å². The molecule has 0 amide bonds. The molecular weight excluding hydrogens is 242 g/mol. The summed E-state index contributed by atoms with van der Waals surface area (Å²) in [5.41, 5.74) is 0.993. The third kappa shape index (κ3) is 3.79. The van der Waals surface area contributed by atoms with Gasteiger partial charge < -0.3 is 5.11 Å². The zero-order chi connectivity index (χ0) is 12.2. The molecule has 1 heterocycles. The summed E-state index contributed by atoms with van der Waals surface area (Å²) < 4.78 is -0.742. The molecule has 0 aliphatic carbocycles. The SMILES string of the molecule is CCCc1nc(CSC(C)(C)C(=O)O)cs1. The average Bonchev–Trinajstić information content (AvgIpc) is 2.63. The van der Waals surface area contributed by atoms with E-state index < -0.39 is 10.7 Å². The van der Waals surface area contributed by atoms with Crippen LogP contribution in [-0.2, 0) is 17.0 Å². The first-order valence-corrected chi connectivity index (χ1v) is 7.13. The number of nitrogens with zero attached hydrogens (tertiary/aromatic N) is 1. The first-order chi connectivity index (χ1) is 7.45. The second-order valence-electron chi connectivity index (χ2n) is 4.09. The number of thiazole rings is 1. The minimum atomic E-state index is -0.776. The zero-order valence-electron chi connectivity index (χ0n) is 9.82. The lowest BCUT2D eigenvalue weighted by Gasteiger charge is -2.17. The van der Waals surface area contributed by atoms with Gasteiger partial charge in [0.05, 0.1) is 10.7 Å². The minimum Gasteiger partial charge on any atom is -0.480 e. The van der Waals surface area contributed by atoms with Gasteiger partial charge in [-0.1, -0.05) is 6.92 Å². The predicted molar refractivity (Wildman–Crippen MR) is 69.1 cm³/mol. The van der Waals surface area contributed by atoms with Crippen molar-refractivity contribution in [3.05, 3.63) is 16.1 Å². The summed E-state index contributed by atoms with van der Waals surface area (Å²) in [6.45, 7) is 5.57. The van der Waals surface area contributed by atoms with Crippen molar-refractivity contribution in [1.29, 1.82) is 0 Å². The lowest BCUT2D eigenvalue weighted by molar-refractivity contribution is -0.138. The largest absolute Gasteiger partial charge is 0.480 e. The second-order valence-corrected chi connectivity index (χ2v) is 6.63. The van der Waals surface area contributed by atoms with Crippen LogP contribution in [0.2, 0.25) is 0 Å². The fourth-order valence-electron chi connectivity index (χ4n) is 1.06. The van der Waals surface area contributed by atoms with E-state index in [4.69, 9.17) is 5.11 Å². The van der Waals surface area contributed by atoms with Gasteiger partial charge in [0.1, 0.15) is 4.75 Å². The topological polar surface area (TPSA) is 50.2 Å². The summed E-state index contributed by atoms with van der Waals surface area (Å²) in [5, 5.41) is 12.1. The lowest BCUT2D eigenvalue weighted by Crippen LogP contribution is -2.27. The highest BCUT2D eigenvalue weighted by molar-refractivity contribution is 8.00. The molecule has 1 aromatic rings. The summed E-state index contributed by atoms with van der Waals surface area (Å²) in [5.74, 6) is -0.110. The summed E-state index contributed by atoms with van der Waals surface area (Å²) in [6.07, 6.45) is 2.11. The normalized spacial score (nSPS) is 11.7. The molecule has 0 saturated heterocycles. The predicted octanol–water partition coefficient (Wildman–Crippen LogP) is 3.19. The van der Waals surface area contributed by atoms with E-state index in [9.17, 15) is 4.79 Å². The van der Waals surface area contributed by atoms with Gasteiger partial charge in [0.2, 0.25) is 0 Å². The molecular formula is C11H17NO2S2. The number of rotatable bonds is 6. The molecule has 1 aromatic heterocycles. The summed E-state index contributed by atoms with van der Waals surface area (Å²) >= 11 is 3.08. The lowest BCUT2D eigenvalue weighted by atomic mass is 10.2. The highest BCUT2D eigenvalue weighted by atomic mass is 32.2. The third-order valence-corrected chi connectivity index (χ3v) is 4.45. The number of hydrogen-bond donors (Lipinski definition) is 1. The number of carbonyl (C=O) groups is 1. The van der Waals surface area contributed by atoms with Gasteiger partial charge >= 0.3 is 5.97 Å². The van der Waals surface area contributed by atoms with Crippen molar-refractivity contribution < 1.29 is 9.90 Å². The molecule has 0 radical (unpaired) electrons. The van der Waals surface area contributed by atoms with Crippen molar-refractivity contribution in [2.75, 3.05) is 0 Å². The Bertz CT molecular complexity index is 361. The van der Waals surface area contributed by atoms with Gasteiger partial charge in [-0.3, -0.25) is 4.79 Å². The molecule has 0 aromatic carbocycles. The van der Waals surface area contributed by atoms with Crippen LogP contribution in [0, 0.1) is 0 Å². The van der Waals surface area contributed by atoms with Crippen molar-refractivity contribution in [3.63, 3.8) is 0 Å². The molecule has 0 aliphatic rings. The molecule has 1 N–H and O–H groups in total. The van der Waals surface area contributed by atoms with Crippen molar-refractivity contribution in [3.8, 4) is 0 Å². The summed E-state index contributed by atoms with van der Waals surface area (Å²) in [6, 6.07) is 0. The molecule has 16 heavy (non-hydrogen) atoms. The molecule has 0 fully saturated rings. The molecule has 1 rings (SSSR count). The molecule has 0 atom stereocenters. The van der Waals surface area contributed by atoms with Crippen LogP contribution >= 0.6 is 23.1 Å². The van der Waals surface area contributed by atoms with Gasteiger partial charge in [-0.05, 0) is 26.7 Å². The highest BCUT2D eigenvalue weighted by Crippen LogP contribution is 2.28. The van der Waals surface area contributed by atoms with Gasteiger partial charge in [0, 0.05) is 11.1 Å². The molecule has 0 spiro atoms. The number of aromatic nitrogens is 1. The average molecular weight is 259 g/mol. The van der Waals surface area contributed by atoms with Crippen LogP contribution in [0.25, 0.3) is 0 Å². The Balaban J connectivity index is 2.51. The Morgan fingerprint density at radius 1 is 1.62 bits per heavy atom. The maximum atomic E-state index is 10.9. The first kappa shape index (κ1) is 13.5. The third-order valence-electron chi connectivity index (χ3n) is 2.16. The van der Waals surface area contributed by atoms with Gasteiger partial charge in [0.25, 0.3) is 0 Å². The maximum absolute atomic E-state index is 10.9. The molecule has 0 aliphatic heterocycles. The maximum Gasteiger partial charge on any atom is 0.319 e. The van der Waals surface area contributed by atoms with Crippen molar-refractivity contribution >= 4 is 29.1 Å². The molecule has 5 heteroatoms. The fraction of sp³-hybridized carbons (Fsp3) is 0.636. The number of aliphatic carboxylic acids is 1. The second kappa shape index (κ2) is 5.68. The zero-order valence-corrected chi connectivity index (χ0v) is 11.5. The van der Waals surface area contributed by atoms with Crippen molar-refractivity contribution in [2.24, 2.45) is 0 Å². The summed E-state index contributed by atoms with van der Waals surface area (Å²) in [4.78, 5) is 15.4. The van der Waals surface area contributed by atoms with E-state index in [-0.39, 0.29) is 0 Å². The van der Waals surface area contributed by atoms with Crippen LogP contribution in [0.1, 0.15) is 37.9 Å². The smallest absolute Gasteiger partial charge is 0.319 e. The van der Waals surface area contributed by atoms with Crippen LogP contribution in [0.3, 0.4) is 0 Å². The van der Waals surface area contributed by atoms with Gasteiger partial charge in [-0.25, -0.2) is 4.98 Å². The molecule has 0 saturated carbocycles. The van der Waals surface area contributed by atoms with E-state index in [0.29, 0.717) is 5.75 Å². The Morgan fingerprint density at radius 2 is 2.31 bits per heavy atom. The van der Waals surface area contributed by atoms with E-state index >= 15 is 0 Å². The van der Waals surface area contributed by atoms with Gasteiger partial charge in [0.15, 0.2) is 0 Å². The number of carboxylic acid groups (broad SMARTS) is 1. The standard InChI is InChI=1S/C11H17NO2S2/c1-4-5-9-12-8(6-15-9)7-16-11(2,3)10(13)14/h6H,4-5,7H2,1-3H3,(H,13,14). The van der Waals surface area contributed by atoms with Gasteiger partial charge in [-0.15, -0.1) is 23.1 Å². The fourth-order valence-corrected chi connectivity index (χ4v) is 2.85. The van der Waals surface area contributed by atoms with E-state index in [2.05, 4.69) is 11.9 Å². The quantitative estimate of drug-likeness (QED) is 0.852. The number of hydrogen-bond acceptors (Lipinski definition) is 4. The highest BCUT2D eigenvalue weighted by Gasteiger charge is 2.27. The molecule has 0 unspecified atom stereocenters. The Kier molecular flexibility index (Phi) is 4.80.